The average molecular weight is 545 g/mol. The second-order valence-corrected chi connectivity index (χ2v) is 10.5. The molecule has 1 saturated heterocycles. The Kier molecular flexibility index (Phi) is 6.54. The van der Waals surface area contributed by atoms with Crippen LogP contribution in [0.25, 0.3) is 32.2 Å². The Morgan fingerprint density at radius 1 is 0.923 bits per heavy atom. The van der Waals surface area contributed by atoms with E-state index in [1.807, 2.05) is 18.2 Å². The molecule has 0 amide bonds. The number of halogens is 3. The van der Waals surface area contributed by atoms with Crippen LogP contribution >= 0.6 is 11.3 Å². The summed E-state index contributed by atoms with van der Waals surface area (Å²) in [5.74, 6) is 1.47. The largest absolute Gasteiger partial charge is 0.416 e. The summed E-state index contributed by atoms with van der Waals surface area (Å²) in [4.78, 5) is 18.5. The summed E-state index contributed by atoms with van der Waals surface area (Å²) in [7, 11) is 0. The van der Waals surface area contributed by atoms with Crippen LogP contribution in [0, 0.1) is 11.3 Å². The molecule has 0 radical (unpaired) electrons. The highest BCUT2D eigenvalue weighted by Crippen LogP contribution is 2.36. The first kappa shape index (κ1) is 25.1. The lowest BCUT2D eigenvalue weighted by Gasteiger charge is -2.35. The number of hydrogen-bond donors (Lipinski definition) is 1. The first-order valence-electron chi connectivity index (χ1n) is 12.5. The Balaban J connectivity index is 1.09. The number of hydrogen-bond acceptors (Lipinski definition) is 6. The van der Waals surface area contributed by atoms with Crippen molar-refractivity contribution in [1.82, 2.24) is 19.9 Å². The van der Waals surface area contributed by atoms with Gasteiger partial charge in [0.05, 0.1) is 27.0 Å². The fraction of sp³-hybridized carbons (Fsp3) is 0.207. The predicted molar refractivity (Wildman–Crippen MR) is 146 cm³/mol. The summed E-state index contributed by atoms with van der Waals surface area (Å²) >= 11 is 1.55. The monoisotopic (exact) mass is 544 g/mol. The average Bonchev–Trinajstić information content (AvgIpc) is 3.61. The number of aromatic nitrogens is 3. The van der Waals surface area contributed by atoms with E-state index in [0.717, 1.165) is 66.0 Å². The van der Waals surface area contributed by atoms with E-state index in [1.54, 1.807) is 23.6 Å². The van der Waals surface area contributed by atoms with Gasteiger partial charge in [-0.15, -0.1) is 11.3 Å². The van der Waals surface area contributed by atoms with Crippen LogP contribution in [0.5, 0.6) is 0 Å². The second-order valence-electron chi connectivity index (χ2n) is 9.46. The lowest BCUT2D eigenvalue weighted by molar-refractivity contribution is -0.137. The van der Waals surface area contributed by atoms with Crippen LogP contribution in [0.4, 0.5) is 19.0 Å². The number of nitrogens with zero attached hydrogens (tertiary/aromatic N) is 5. The van der Waals surface area contributed by atoms with Gasteiger partial charge in [-0.1, -0.05) is 24.3 Å². The SMILES string of the molecule is N#Cc1ccc(N2CCN(Cc3ccc(-c4ccc(-c5nc6ccc(C(F)(F)F)cc6[nH]5)s4)cc3)CC2)nc1. The highest BCUT2D eigenvalue weighted by atomic mass is 32.1. The van der Waals surface area contributed by atoms with Crippen molar-refractivity contribution >= 4 is 28.2 Å². The molecule has 10 heteroatoms. The van der Waals surface area contributed by atoms with Crippen molar-refractivity contribution in [3.05, 3.63) is 89.6 Å². The van der Waals surface area contributed by atoms with Gasteiger partial charge in [-0.3, -0.25) is 4.90 Å². The summed E-state index contributed by atoms with van der Waals surface area (Å²) < 4.78 is 39.2. The van der Waals surface area contributed by atoms with Crippen LogP contribution in [0.2, 0.25) is 0 Å². The lowest BCUT2D eigenvalue weighted by Crippen LogP contribution is -2.46. The number of alkyl halides is 3. The number of benzene rings is 2. The van der Waals surface area contributed by atoms with Gasteiger partial charge in [0, 0.05) is 43.8 Å². The second kappa shape index (κ2) is 10.2. The molecule has 0 spiro atoms. The minimum atomic E-state index is -4.39. The Hall–Kier alpha value is -4.20. The molecule has 1 N–H and O–H groups in total. The van der Waals surface area contributed by atoms with E-state index in [2.05, 4.69) is 55.1 Å². The fourth-order valence-electron chi connectivity index (χ4n) is 4.73. The number of imidazole rings is 1. The zero-order valence-corrected chi connectivity index (χ0v) is 21.6. The van der Waals surface area contributed by atoms with Crippen LogP contribution in [0.3, 0.4) is 0 Å². The van der Waals surface area contributed by atoms with Gasteiger partial charge < -0.3 is 9.88 Å². The molecular formula is C29H23F3N6S. The Labute approximate surface area is 227 Å². The van der Waals surface area contributed by atoms with Gasteiger partial charge in [0.1, 0.15) is 17.7 Å². The van der Waals surface area contributed by atoms with Crippen molar-refractivity contribution in [3.8, 4) is 27.2 Å². The summed E-state index contributed by atoms with van der Waals surface area (Å²) in [5, 5.41) is 8.95. The third-order valence-corrected chi connectivity index (χ3v) is 8.01. The van der Waals surface area contributed by atoms with Crippen LogP contribution < -0.4 is 4.90 Å². The molecule has 2 aromatic carbocycles. The van der Waals surface area contributed by atoms with Crippen molar-refractivity contribution in [2.24, 2.45) is 0 Å². The van der Waals surface area contributed by atoms with E-state index >= 15 is 0 Å². The Bertz CT molecular complexity index is 1640. The molecule has 6 nitrogen and oxygen atoms in total. The topological polar surface area (TPSA) is 71.8 Å². The molecule has 0 bridgehead atoms. The molecule has 0 saturated carbocycles. The predicted octanol–water partition coefficient (Wildman–Crippen LogP) is 6.57. The van der Waals surface area contributed by atoms with E-state index < -0.39 is 11.7 Å². The van der Waals surface area contributed by atoms with Gasteiger partial charge in [0.15, 0.2) is 0 Å². The van der Waals surface area contributed by atoms with Crippen LogP contribution in [0.1, 0.15) is 16.7 Å². The fourth-order valence-corrected chi connectivity index (χ4v) is 5.69. The van der Waals surface area contributed by atoms with Crippen LogP contribution in [0.15, 0.2) is 72.9 Å². The van der Waals surface area contributed by atoms with E-state index in [9.17, 15) is 13.2 Å². The molecule has 0 atom stereocenters. The molecule has 3 aromatic heterocycles. The minimum Gasteiger partial charge on any atom is -0.354 e. The summed E-state index contributed by atoms with van der Waals surface area (Å²) in [6, 6.07) is 21.8. The maximum absolute atomic E-state index is 13.1. The molecule has 1 aliphatic rings. The van der Waals surface area contributed by atoms with Crippen LogP contribution in [-0.4, -0.2) is 46.0 Å². The number of aromatic amines is 1. The molecule has 5 aromatic rings. The molecule has 1 fully saturated rings. The van der Waals surface area contributed by atoms with Crippen molar-refractivity contribution in [2.45, 2.75) is 12.7 Å². The standard InChI is InChI=1S/C29H23F3N6S/c30-29(31,32)22-6-7-23-24(15-22)36-28(35-23)26-9-8-25(39-26)21-4-1-19(2-5-21)18-37-11-13-38(14-12-37)27-10-3-20(16-33)17-34-27/h1-10,15,17H,11-14,18H2,(H,35,36). The summed E-state index contributed by atoms with van der Waals surface area (Å²) in [6.07, 6.45) is -2.77. The zero-order valence-electron chi connectivity index (χ0n) is 20.7. The first-order valence-corrected chi connectivity index (χ1v) is 13.3. The summed E-state index contributed by atoms with van der Waals surface area (Å²) in [6.45, 7) is 4.49. The number of pyridine rings is 1. The maximum atomic E-state index is 13.1. The highest BCUT2D eigenvalue weighted by molar-refractivity contribution is 7.18. The third-order valence-electron chi connectivity index (χ3n) is 6.87. The van der Waals surface area contributed by atoms with E-state index in [0.29, 0.717) is 22.4 Å². The van der Waals surface area contributed by atoms with Crippen molar-refractivity contribution < 1.29 is 13.2 Å². The van der Waals surface area contributed by atoms with Crippen molar-refractivity contribution in [3.63, 3.8) is 0 Å². The lowest BCUT2D eigenvalue weighted by atomic mass is 10.1. The molecule has 0 unspecified atom stereocenters. The van der Waals surface area contributed by atoms with Crippen molar-refractivity contribution in [2.75, 3.05) is 31.1 Å². The number of H-pyrrole nitrogens is 1. The maximum Gasteiger partial charge on any atom is 0.416 e. The van der Waals surface area contributed by atoms with Gasteiger partial charge in [-0.05, 0) is 53.6 Å². The molecular weight excluding hydrogens is 521 g/mol. The summed E-state index contributed by atoms with van der Waals surface area (Å²) in [5.41, 5.74) is 3.07. The number of piperazine rings is 1. The quantitative estimate of drug-likeness (QED) is 0.271. The number of nitriles is 1. The van der Waals surface area contributed by atoms with Gasteiger partial charge in [-0.2, -0.15) is 18.4 Å². The smallest absolute Gasteiger partial charge is 0.354 e. The van der Waals surface area contributed by atoms with E-state index in [1.165, 1.54) is 11.6 Å². The molecule has 4 heterocycles. The third kappa shape index (κ3) is 5.37. The number of anilines is 1. The number of thiophene rings is 1. The Morgan fingerprint density at radius 2 is 1.69 bits per heavy atom. The minimum absolute atomic E-state index is 0.369. The normalized spacial score (nSPS) is 14.6. The number of nitrogens with one attached hydrogen (secondary N) is 1. The molecule has 0 aliphatic carbocycles. The van der Waals surface area contributed by atoms with E-state index in [-0.39, 0.29) is 0 Å². The number of rotatable bonds is 5. The molecule has 39 heavy (non-hydrogen) atoms. The molecule has 1 aliphatic heterocycles. The van der Waals surface area contributed by atoms with Gasteiger partial charge >= 0.3 is 6.18 Å². The van der Waals surface area contributed by atoms with Gasteiger partial charge in [0.25, 0.3) is 0 Å². The molecule has 196 valence electrons. The Morgan fingerprint density at radius 3 is 2.38 bits per heavy atom. The number of fused-ring (bicyclic) bond motifs is 1. The van der Waals surface area contributed by atoms with Crippen LogP contribution in [-0.2, 0) is 12.7 Å². The first-order chi connectivity index (χ1) is 18.9. The van der Waals surface area contributed by atoms with E-state index in [4.69, 9.17) is 5.26 Å². The molecule has 6 rings (SSSR count). The van der Waals surface area contributed by atoms with Crippen molar-refractivity contribution in [1.29, 1.82) is 5.26 Å². The zero-order chi connectivity index (χ0) is 27.0. The highest BCUT2D eigenvalue weighted by Gasteiger charge is 2.30. The van der Waals surface area contributed by atoms with Gasteiger partial charge in [0.2, 0.25) is 0 Å². The van der Waals surface area contributed by atoms with Gasteiger partial charge in [-0.25, -0.2) is 9.97 Å².